The highest BCUT2D eigenvalue weighted by atomic mass is 32.2. The van der Waals surface area contributed by atoms with Crippen LogP contribution in [0.3, 0.4) is 0 Å². The lowest BCUT2D eigenvalue weighted by molar-refractivity contribution is 0.588. The largest absolute Gasteiger partial charge is 0.356 e. The standard InChI is InChI=1S/C16H19N3O2S2/c1-12(13-6-4-3-5-7-13)18-16(22)19-14-8-10-15(11-9-14)23(20,21)17-2/h3-12,17H,1-2H3,(H2,18,19,22). The second-order valence-corrected chi connectivity index (χ2v) is 7.26. The van der Waals surface area contributed by atoms with E-state index in [1.807, 2.05) is 37.3 Å². The first-order valence-electron chi connectivity index (χ1n) is 7.08. The molecule has 0 aromatic heterocycles. The van der Waals surface area contributed by atoms with Crippen LogP contribution in [-0.4, -0.2) is 20.6 Å². The van der Waals surface area contributed by atoms with Crippen molar-refractivity contribution in [1.82, 2.24) is 10.0 Å². The van der Waals surface area contributed by atoms with Crippen LogP contribution in [0, 0.1) is 0 Å². The molecule has 0 aliphatic heterocycles. The van der Waals surface area contributed by atoms with Gasteiger partial charge in [0.25, 0.3) is 0 Å². The lowest BCUT2D eigenvalue weighted by atomic mass is 10.1. The van der Waals surface area contributed by atoms with E-state index < -0.39 is 10.0 Å². The zero-order chi connectivity index (χ0) is 16.9. The Balaban J connectivity index is 1.98. The lowest BCUT2D eigenvalue weighted by Crippen LogP contribution is -2.30. The summed E-state index contributed by atoms with van der Waals surface area (Å²) in [5.74, 6) is 0. The summed E-state index contributed by atoms with van der Waals surface area (Å²) in [7, 11) is -2.04. The topological polar surface area (TPSA) is 70.2 Å². The zero-order valence-corrected chi connectivity index (χ0v) is 14.5. The molecule has 122 valence electrons. The maximum Gasteiger partial charge on any atom is 0.240 e. The van der Waals surface area contributed by atoms with Gasteiger partial charge < -0.3 is 10.6 Å². The third-order valence-corrected chi connectivity index (χ3v) is 4.99. The molecule has 0 aliphatic rings. The molecule has 5 nitrogen and oxygen atoms in total. The molecule has 0 heterocycles. The molecular formula is C16H19N3O2S2. The highest BCUT2D eigenvalue weighted by Crippen LogP contribution is 2.15. The Bertz CT molecular complexity index is 760. The van der Waals surface area contributed by atoms with Crippen LogP contribution < -0.4 is 15.4 Å². The average Bonchev–Trinajstić information content (AvgIpc) is 2.56. The molecule has 0 spiro atoms. The van der Waals surface area contributed by atoms with Crippen molar-refractivity contribution in [1.29, 1.82) is 0 Å². The van der Waals surface area contributed by atoms with Crippen molar-refractivity contribution in [2.75, 3.05) is 12.4 Å². The molecule has 1 unspecified atom stereocenters. The van der Waals surface area contributed by atoms with Crippen LogP contribution >= 0.6 is 12.2 Å². The summed E-state index contributed by atoms with van der Waals surface area (Å²) in [6, 6.07) is 16.4. The van der Waals surface area contributed by atoms with E-state index >= 15 is 0 Å². The van der Waals surface area contributed by atoms with Crippen molar-refractivity contribution in [3.8, 4) is 0 Å². The Hall–Kier alpha value is -1.96. The first-order chi connectivity index (χ1) is 10.9. The first kappa shape index (κ1) is 17.4. The van der Waals surface area contributed by atoms with Crippen molar-refractivity contribution in [3.05, 3.63) is 60.2 Å². The van der Waals surface area contributed by atoms with E-state index in [4.69, 9.17) is 12.2 Å². The molecule has 3 N–H and O–H groups in total. The van der Waals surface area contributed by atoms with Gasteiger partial charge in [0, 0.05) is 5.69 Å². The van der Waals surface area contributed by atoms with Crippen LogP contribution in [0.5, 0.6) is 0 Å². The summed E-state index contributed by atoms with van der Waals surface area (Å²) < 4.78 is 25.6. The van der Waals surface area contributed by atoms with E-state index in [0.717, 1.165) is 11.3 Å². The van der Waals surface area contributed by atoms with Gasteiger partial charge in [0.05, 0.1) is 10.9 Å². The van der Waals surface area contributed by atoms with Gasteiger partial charge in [-0.15, -0.1) is 0 Å². The number of rotatable bonds is 5. The maximum atomic E-state index is 11.7. The number of sulfonamides is 1. The predicted octanol–water partition coefficient (Wildman–Crippen LogP) is 2.64. The number of hydrogen-bond donors (Lipinski definition) is 3. The van der Waals surface area contributed by atoms with Crippen LogP contribution in [0.15, 0.2) is 59.5 Å². The molecular weight excluding hydrogens is 330 g/mol. The molecule has 7 heteroatoms. The third-order valence-electron chi connectivity index (χ3n) is 3.34. The Kier molecular flexibility index (Phi) is 5.70. The number of anilines is 1. The van der Waals surface area contributed by atoms with E-state index in [0.29, 0.717) is 5.11 Å². The lowest BCUT2D eigenvalue weighted by Gasteiger charge is -2.17. The van der Waals surface area contributed by atoms with Gasteiger partial charge in [0.1, 0.15) is 0 Å². The number of hydrogen-bond acceptors (Lipinski definition) is 3. The minimum Gasteiger partial charge on any atom is -0.356 e. The zero-order valence-electron chi connectivity index (χ0n) is 12.9. The van der Waals surface area contributed by atoms with Crippen molar-refractivity contribution < 1.29 is 8.42 Å². The summed E-state index contributed by atoms with van der Waals surface area (Å²) in [4.78, 5) is 0.210. The van der Waals surface area contributed by atoms with Crippen molar-refractivity contribution in [3.63, 3.8) is 0 Å². The fourth-order valence-electron chi connectivity index (χ4n) is 2.02. The van der Waals surface area contributed by atoms with Gasteiger partial charge in [-0.25, -0.2) is 13.1 Å². The van der Waals surface area contributed by atoms with Crippen LogP contribution in [0.4, 0.5) is 5.69 Å². The maximum absolute atomic E-state index is 11.7. The van der Waals surface area contributed by atoms with Crippen LogP contribution in [0.1, 0.15) is 18.5 Å². The molecule has 0 aliphatic carbocycles. The second kappa shape index (κ2) is 7.54. The summed E-state index contributed by atoms with van der Waals surface area (Å²) in [6.45, 7) is 2.02. The van der Waals surface area contributed by atoms with Gasteiger partial charge in [-0.2, -0.15) is 0 Å². The van der Waals surface area contributed by atoms with Crippen molar-refractivity contribution in [2.24, 2.45) is 0 Å². The minimum atomic E-state index is -3.42. The number of nitrogens with one attached hydrogen (secondary N) is 3. The van der Waals surface area contributed by atoms with Gasteiger partial charge in [0.15, 0.2) is 5.11 Å². The Morgan fingerprint density at radius 3 is 2.22 bits per heavy atom. The van der Waals surface area contributed by atoms with Gasteiger partial charge in [-0.05, 0) is 56.0 Å². The Morgan fingerprint density at radius 2 is 1.65 bits per heavy atom. The summed E-state index contributed by atoms with van der Waals surface area (Å²) in [5, 5.41) is 6.71. The fraction of sp³-hybridized carbons (Fsp3) is 0.188. The van der Waals surface area contributed by atoms with E-state index in [1.54, 1.807) is 12.1 Å². The molecule has 0 fully saturated rings. The molecule has 2 aromatic carbocycles. The molecule has 2 rings (SSSR count). The van der Waals surface area contributed by atoms with E-state index in [1.165, 1.54) is 19.2 Å². The van der Waals surface area contributed by atoms with E-state index in [9.17, 15) is 8.42 Å². The van der Waals surface area contributed by atoms with Crippen LogP contribution in [0.2, 0.25) is 0 Å². The molecule has 0 saturated carbocycles. The van der Waals surface area contributed by atoms with Crippen molar-refractivity contribution in [2.45, 2.75) is 17.9 Å². The summed E-state index contributed by atoms with van der Waals surface area (Å²) in [6.07, 6.45) is 0. The van der Waals surface area contributed by atoms with Gasteiger partial charge in [-0.3, -0.25) is 0 Å². The Labute approximate surface area is 142 Å². The van der Waals surface area contributed by atoms with Crippen LogP contribution in [-0.2, 0) is 10.0 Å². The molecule has 23 heavy (non-hydrogen) atoms. The predicted molar refractivity (Wildman–Crippen MR) is 96.9 cm³/mol. The first-order valence-corrected chi connectivity index (χ1v) is 8.97. The number of benzene rings is 2. The second-order valence-electron chi connectivity index (χ2n) is 4.96. The van der Waals surface area contributed by atoms with Gasteiger partial charge in [-0.1, -0.05) is 30.3 Å². The quantitative estimate of drug-likeness (QED) is 0.724. The van der Waals surface area contributed by atoms with E-state index in [2.05, 4.69) is 15.4 Å². The SMILES string of the molecule is CNS(=O)(=O)c1ccc(NC(=S)NC(C)c2ccccc2)cc1. The summed E-state index contributed by atoms with van der Waals surface area (Å²) in [5.41, 5.74) is 1.85. The third kappa shape index (κ3) is 4.75. The highest BCUT2D eigenvalue weighted by molar-refractivity contribution is 7.89. The molecule has 0 amide bonds. The Morgan fingerprint density at radius 1 is 1.04 bits per heavy atom. The molecule has 1 atom stereocenters. The smallest absolute Gasteiger partial charge is 0.240 e. The molecule has 0 saturated heterocycles. The average molecular weight is 349 g/mol. The fourth-order valence-corrected chi connectivity index (χ4v) is 3.05. The van der Waals surface area contributed by atoms with E-state index in [-0.39, 0.29) is 10.9 Å². The van der Waals surface area contributed by atoms with Crippen LogP contribution in [0.25, 0.3) is 0 Å². The molecule has 0 bridgehead atoms. The van der Waals surface area contributed by atoms with Crippen molar-refractivity contribution >= 4 is 33.0 Å². The molecule has 2 aromatic rings. The van der Waals surface area contributed by atoms with Gasteiger partial charge >= 0.3 is 0 Å². The van der Waals surface area contributed by atoms with Gasteiger partial charge in [0.2, 0.25) is 10.0 Å². The molecule has 0 radical (unpaired) electrons. The monoisotopic (exact) mass is 349 g/mol. The summed E-state index contributed by atoms with van der Waals surface area (Å²) >= 11 is 5.29. The minimum absolute atomic E-state index is 0.0696. The number of thiocarbonyl (C=S) groups is 1. The highest BCUT2D eigenvalue weighted by Gasteiger charge is 2.11. The normalized spacial score (nSPS) is 12.4.